The van der Waals surface area contributed by atoms with E-state index in [0.29, 0.717) is 10.7 Å². The zero-order valence-corrected chi connectivity index (χ0v) is 13.7. The van der Waals surface area contributed by atoms with Crippen molar-refractivity contribution in [2.24, 2.45) is 11.8 Å². The summed E-state index contributed by atoms with van der Waals surface area (Å²) in [6.07, 6.45) is -1.28. The van der Waals surface area contributed by atoms with Crippen LogP contribution < -0.4 is 5.32 Å². The fourth-order valence-electron chi connectivity index (χ4n) is 4.05. The highest BCUT2D eigenvalue weighted by molar-refractivity contribution is 6.30. The summed E-state index contributed by atoms with van der Waals surface area (Å²) in [7, 11) is 0. The lowest BCUT2D eigenvalue weighted by Gasteiger charge is -2.46. The smallest absolute Gasteiger partial charge is 0.340 e. The van der Waals surface area contributed by atoms with Gasteiger partial charge < -0.3 is 5.32 Å². The van der Waals surface area contributed by atoms with Crippen molar-refractivity contribution in [2.45, 2.75) is 31.4 Å². The SMILES string of the molecule is CC(C1CC1)C1(C(F)(F)F)c2cc(Cl)ccc2Nc2ncccc21. The molecular weight excluding hydrogens is 337 g/mol. The monoisotopic (exact) mass is 352 g/mol. The van der Waals surface area contributed by atoms with Gasteiger partial charge in [-0.25, -0.2) is 4.98 Å². The molecule has 0 spiro atoms. The van der Waals surface area contributed by atoms with E-state index < -0.39 is 17.5 Å². The summed E-state index contributed by atoms with van der Waals surface area (Å²) in [4.78, 5) is 4.17. The quantitative estimate of drug-likeness (QED) is 0.751. The van der Waals surface area contributed by atoms with Crippen molar-refractivity contribution in [1.29, 1.82) is 0 Å². The number of halogens is 4. The molecule has 1 aliphatic heterocycles. The Morgan fingerprint density at radius 3 is 2.67 bits per heavy atom. The van der Waals surface area contributed by atoms with Gasteiger partial charge in [0.1, 0.15) is 11.2 Å². The van der Waals surface area contributed by atoms with Crippen molar-refractivity contribution in [3.63, 3.8) is 0 Å². The first-order valence-electron chi connectivity index (χ1n) is 7.95. The molecule has 0 radical (unpaired) electrons. The molecule has 1 aliphatic carbocycles. The molecule has 126 valence electrons. The zero-order valence-electron chi connectivity index (χ0n) is 13.0. The number of aromatic nitrogens is 1. The van der Waals surface area contributed by atoms with Crippen LogP contribution in [0.4, 0.5) is 24.7 Å². The molecule has 4 rings (SSSR count). The molecule has 1 N–H and O–H groups in total. The minimum absolute atomic E-state index is 0.0598. The number of anilines is 2. The molecule has 0 saturated heterocycles. The number of rotatable bonds is 2. The van der Waals surface area contributed by atoms with E-state index in [1.165, 1.54) is 18.3 Å². The molecule has 1 saturated carbocycles. The molecule has 1 aromatic heterocycles. The number of alkyl halides is 3. The lowest BCUT2D eigenvalue weighted by molar-refractivity contribution is -0.193. The Labute approximate surface area is 143 Å². The van der Waals surface area contributed by atoms with E-state index in [1.807, 2.05) is 0 Å². The minimum atomic E-state index is -4.45. The van der Waals surface area contributed by atoms with Crippen LogP contribution in [-0.4, -0.2) is 11.2 Å². The lowest BCUT2D eigenvalue weighted by atomic mass is 9.62. The molecule has 0 bridgehead atoms. The van der Waals surface area contributed by atoms with Crippen LogP contribution in [0.5, 0.6) is 0 Å². The minimum Gasteiger partial charge on any atom is -0.340 e. The Bertz CT molecular complexity index is 801. The van der Waals surface area contributed by atoms with Crippen molar-refractivity contribution in [3.05, 3.63) is 52.7 Å². The molecule has 2 aromatic rings. The Balaban J connectivity index is 2.09. The van der Waals surface area contributed by atoms with Gasteiger partial charge in [0.25, 0.3) is 0 Å². The summed E-state index contributed by atoms with van der Waals surface area (Å²) < 4.78 is 43.9. The van der Waals surface area contributed by atoms with E-state index in [1.54, 1.807) is 25.1 Å². The number of hydrogen-bond donors (Lipinski definition) is 1. The van der Waals surface area contributed by atoms with Crippen LogP contribution in [0.1, 0.15) is 30.9 Å². The molecule has 0 amide bonds. The van der Waals surface area contributed by atoms with Crippen molar-refractivity contribution in [1.82, 2.24) is 4.98 Å². The summed E-state index contributed by atoms with van der Waals surface area (Å²) in [6.45, 7) is 1.71. The van der Waals surface area contributed by atoms with Crippen LogP contribution in [0.15, 0.2) is 36.5 Å². The van der Waals surface area contributed by atoms with Crippen molar-refractivity contribution >= 4 is 23.1 Å². The van der Waals surface area contributed by atoms with Crippen LogP contribution in [-0.2, 0) is 5.41 Å². The van der Waals surface area contributed by atoms with E-state index >= 15 is 0 Å². The van der Waals surface area contributed by atoms with Crippen LogP contribution in [0, 0.1) is 11.8 Å². The van der Waals surface area contributed by atoms with Gasteiger partial charge in [0.15, 0.2) is 0 Å². The predicted molar refractivity (Wildman–Crippen MR) is 87.7 cm³/mol. The molecule has 2 heterocycles. The maximum atomic E-state index is 14.6. The van der Waals surface area contributed by atoms with Crippen LogP contribution in [0.2, 0.25) is 5.02 Å². The Morgan fingerprint density at radius 1 is 1.25 bits per heavy atom. The van der Waals surface area contributed by atoms with Gasteiger partial charge in [0, 0.05) is 22.5 Å². The molecule has 24 heavy (non-hydrogen) atoms. The largest absolute Gasteiger partial charge is 0.402 e. The van der Waals surface area contributed by atoms with Gasteiger partial charge in [-0.1, -0.05) is 24.6 Å². The maximum absolute atomic E-state index is 14.6. The van der Waals surface area contributed by atoms with E-state index in [2.05, 4.69) is 10.3 Å². The average Bonchev–Trinajstić information content (AvgIpc) is 3.36. The second-order valence-electron chi connectivity index (χ2n) is 6.65. The first-order chi connectivity index (χ1) is 11.4. The summed E-state index contributed by atoms with van der Waals surface area (Å²) in [5, 5.41) is 3.34. The third-order valence-electron chi connectivity index (χ3n) is 5.35. The number of pyridine rings is 1. The van der Waals surface area contributed by atoms with Crippen molar-refractivity contribution in [3.8, 4) is 0 Å². The van der Waals surface area contributed by atoms with E-state index in [-0.39, 0.29) is 22.9 Å². The summed E-state index contributed by atoms with van der Waals surface area (Å²) in [6, 6.07) is 7.76. The van der Waals surface area contributed by atoms with Crippen LogP contribution >= 0.6 is 11.6 Å². The second-order valence-corrected chi connectivity index (χ2v) is 7.08. The van der Waals surface area contributed by atoms with E-state index in [9.17, 15) is 13.2 Å². The summed E-state index contributed by atoms with van der Waals surface area (Å²) in [5.74, 6) is -0.249. The van der Waals surface area contributed by atoms with Gasteiger partial charge in [-0.15, -0.1) is 0 Å². The van der Waals surface area contributed by atoms with E-state index in [4.69, 9.17) is 11.6 Å². The summed E-state index contributed by atoms with van der Waals surface area (Å²) >= 11 is 6.07. The molecule has 1 fully saturated rings. The number of hydrogen-bond acceptors (Lipinski definition) is 2. The van der Waals surface area contributed by atoms with Crippen molar-refractivity contribution < 1.29 is 13.2 Å². The standard InChI is InChI=1S/C18H16ClF3N2/c1-10(11-4-5-11)17(18(20,21)22)13-3-2-8-23-16(13)24-15-7-6-12(19)9-14(15)17/h2-3,6-11H,4-5H2,1H3,(H,23,24). The Kier molecular flexibility index (Phi) is 3.36. The van der Waals surface area contributed by atoms with Gasteiger partial charge in [0.05, 0.1) is 0 Å². The topological polar surface area (TPSA) is 24.9 Å². The molecule has 2 nitrogen and oxygen atoms in total. The first kappa shape index (κ1) is 15.8. The number of benzene rings is 1. The normalized spacial score (nSPS) is 23.9. The maximum Gasteiger partial charge on any atom is 0.402 e. The number of nitrogens with one attached hydrogen (secondary N) is 1. The highest BCUT2D eigenvalue weighted by atomic mass is 35.5. The van der Waals surface area contributed by atoms with E-state index in [0.717, 1.165) is 12.8 Å². The van der Waals surface area contributed by atoms with Crippen LogP contribution in [0.25, 0.3) is 0 Å². The number of fused-ring (bicyclic) bond motifs is 2. The fraction of sp³-hybridized carbons (Fsp3) is 0.389. The highest BCUT2D eigenvalue weighted by Crippen LogP contribution is 2.62. The predicted octanol–water partition coefficient (Wildman–Crippen LogP) is 5.69. The zero-order chi connectivity index (χ0) is 17.1. The van der Waals surface area contributed by atoms with Gasteiger partial charge in [-0.05, 0) is 54.5 Å². The molecule has 2 atom stereocenters. The van der Waals surface area contributed by atoms with Gasteiger partial charge in [0.2, 0.25) is 0 Å². The van der Waals surface area contributed by atoms with Gasteiger partial charge in [-0.2, -0.15) is 13.2 Å². The van der Waals surface area contributed by atoms with Crippen LogP contribution in [0.3, 0.4) is 0 Å². The third-order valence-corrected chi connectivity index (χ3v) is 5.59. The summed E-state index contributed by atoms with van der Waals surface area (Å²) in [5.41, 5.74) is -1.28. The fourth-order valence-corrected chi connectivity index (χ4v) is 4.22. The third kappa shape index (κ3) is 2.07. The highest BCUT2D eigenvalue weighted by Gasteiger charge is 2.65. The molecule has 2 unspecified atom stereocenters. The Morgan fingerprint density at radius 2 is 2.00 bits per heavy atom. The lowest BCUT2D eigenvalue weighted by Crippen LogP contribution is -2.51. The first-order valence-corrected chi connectivity index (χ1v) is 8.32. The second kappa shape index (κ2) is 5.12. The Hall–Kier alpha value is -1.75. The van der Waals surface area contributed by atoms with Gasteiger partial charge in [-0.3, -0.25) is 0 Å². The molecule has 6 heteroatoms. The average molecular weight is 353 g/mol. The molecular formula is C18H16ClF3N2. The molecule has 2 aliphatic rings. The van der Waals surface area contributed by atoms with Crippen molar-refractivity contribution in [2.75, 3.05) is 5.32 Å². The number of nitrogens with zero attached hydrogens (tertiary/aromatic N) is 1. The van der Waals surface area contributed by atoms with Gasteiger partial charge >= 0.3 is 6.18 Å². The molecule has 1 aromatic carbocycles.